The van der Waals surface area contributed by atoms with Crippen LogP contribution in [0.4, 0.5) is 0 Å². The molecule has 0 aliphatic rings. The molecule has 0 aliphatic carbocycles. The van der Waals surface area contributed by atoms with Crippen molar-refractivity contribution in [2.75, 3.05) is 19.7 Å². The highest BCUT2D eigenvalue weighted by Gasteiger charge is 2.17. The van der Waals surface area contributed by atoms with Crippen LogP contribution in [-0.2, 0) is 18.3 Å². The Morgan fingerprint density at radius 1 is 1.39 bits per heavy atom. The van der Waals surface area contributed by atoms with E-state index in [-0.39, 0.29) is 12.5 Å². The van der Waals surface area contributed by atoms with Gasteiger partial charge in [0.1, 0.15) is 0 Å². The molecule has 0 saturated carbocycles. The van der Waals surface area contributed by atoms with Crippen LogP contribution in [0, 0.1) is 13.8 Å². The Balaban J connectivity index is 2.78. The van der Waals surface area contributed by atoms with Crippen molar-refractivity contribution < 1.29 is 9.90 Å². The third kappa shape index (κ3) is 3.32. The van der Waals surface area contributed by atoms with Crippen LogP contribution in [0.5, 0.6) is 0 Å². The Hall–Kier alpha value is -1.36. The average Bonchev–Trinajstić information content (AvgIpc) is 2.55. The number of carbonyl (C=O) groups is 1. The normalized spacial score (nSPS) is 10.7. The van der Waals surface area contributed by atoms with Crippen molar-refractivity contribution in [2.45, 2.75) is 33.6 Å². The van der Waals surface area contributed by atoms with Crippen LogP contribution in [0.1, 0.15) is 30.3 Å². The van der Waals surface area contributed by atoms with Gasteiger partial charge < -0.3 is 10.0 Å². The van der Waals surface area contributed by atoms with Crippen LogP contribution >= 0.6 is 0 Å². The quantitative estimate of drug-likeness (QED) is 0.816. The number of aromatic nitrogens is 2. The lowest BCUT2D eigenvalue weighted by Crippen LogP contribution is -2.35. The molecule has 1 rings (SSSR count). The number of rotatable bonds is 6. The fourth-order valence-corrected chi connectivity index (χ4v) is 2.09. The molecule has 18 heavy (non-hydrogen) atoms. The van der Waals surface area contributed by atoms with Gasteiger partial charge in [-0.1, -0.05) is 6.92 Å². The monoisotopic (exact) mass is 253 g/mol. The van der Waals surface area contributed by atoms with Gasteiger partial charge in [0.15, 0.2) is 0 Å². The minimum Gasteiger partial charge on any atom is -0.395 e. The third-order valence-electron chi connectivity index (χ3n) is 3.20. The van der Waals surface area contributed by atoms with Gasteiger partial charge in [-0.2, -0.15) is 5.10 Å². The minimum absolute atomic E-state index is 0.0107. The van der Waals surface area contributed by atoms with E-state index in [1.54, 1.807) is 9.58 Å². The number of hydrogen-bond acceptors (Lipinski definition) is 3. The van der Waals surface area contributed by atoms with E-state index in [0.29, 0.717) is 19.5 Å². The van der Waals surface area contributed by atoms with Crippen LogP contribution in [0.2, 0.25) is 0 Å². The summed E-state index contributed by atoms with van der Waals surface area (Å²) in [6, 6.07) is 0. The molecule has 0 fully saturated rings. The zero-order chi connectivity index (χ0) is 13.7. The molecule has 0 saturated heterocycles. The maximum absolute atomic E-state index is 12.2. The smallest absolute Gasteiger partial charge is 0.227 e. The highest BCUT2D eigenvalue weighted by atomic mass is 16.3. The summed E-state index contributed by atoms with van der Waals surface area (Å²) in [7, 11) is 1.88. The Morgan fingerprint density at radius 2 is 2.06 bits per heavy atom. The largest absolute Gasteiger partial charge is 0.395 e. The van der Waals surface area contributed by atoms with Crippen LogP contribution in [0.25, 0.3) is 0 Å². The molecule has 1 aromatic heterocycles. The van der Waals surface area contributed by atoms with Crippen molar-refractivity contribution in [1.82, 2.24) is 14.7 Å². The van der Waals surface area contributed by atoms with E-state index in [4.69, 9.17) is 5.11 Å². The molecule has 0 atom stereocenters. The predicted octanol–water partition coefficient (Wildman–Crippen LogP) is 0.810. The molecule has 102 valence electrons. The lowest BCUT2D eigenvalue weighted by Gasteiger charge is -2.21. The summed E-state index contributed by atoms with van der Waals surface area (Å²) in [6.07, 6.45) is 1.27. The van der Waals surface area contributed by atoms with Gasteiger partial charge in [0.2, 0.25) is 5.91 Å². The zero-order valence-corrected chi connectivity index (χ0v) is 11.7. The van der Waals surface area contributed by atoms with Crippen LogP contribution in [0.3, 0.4) is 0 Å². The van der Waals surface area contributed by atoms with E-state index in [1.807, 2.05) is 27.8 Å². The number of hydrogen-bond donors (Lipinski definition) is 1. The lowest BCUT2D eigenvalue weighted by molar-refractivity contribution is -0.131. The van der Waals surface area contributed by atoms with Gasteiger partial charge in [-0.05, 0) is 20.3 Å². The topological polar surface area (TPSA) is 58.4 Å². The highest BCUT2D eigenvalue weighted by molar-refractivity contribution is 5.79. The molecule has 0 unspecified atom stereocenters. The van der Waals surface area contributed by atoms with Gasteiger partial charge in [-0.3, -0.25) is 9.48 Å². The summed E-state index contributed by atoms with van der Waals surface area (Å²) in [5.74, 6) is 0.0603. The van der Waals surface area contributed by atoms with Crippen LogP contribution in [-0.4, -0.2) is 45.4 Å². The summed E-state index contributed by atoms with van der Waals surface area (Å²) >= 11 is 0. The molecule has 0 spiro atoms. The first-order valence-electron chi connectivity index (χ1n) is 6.39. The molecule has 1 aromatic rings. The van der Waals surface area contributed by atoms with E-state index in [0.717, 1.165) is 23.4 Å². The summed E-state index contributed by atoms with van der Waals surface area (Å²) in [5, 5.41) is 13.3. The maximum atomic E-state index is 12.2. The number of aliphatic hydroxyl groups excluding tert-OH is 1. The van der Waals surface area contributed by atoms with Crippen molar-refractivity contribution in [2.24, 2.45) is 7.05 Å². The first kappa shape index (κ1) is 14.7. The van der Waals surface area contributed by atoms with Gasteiger partial charge in [-0.15, -0.1) is 0 Å². The van der Waals surface area contributed by atoms with Crippen LogP contribution < -0.4 is 0 Å². The van der Waals surface area contributed by atoms with Crippen molar-refractivity contribution in [3.05, 3.63) is 17.0 Å². The second-order valence-corrected chi connectivity index (χ2v) is 4.55. The Kier molecular flexibility index (Phi) is 5.34. The molecule has 0 aliphatic heterocycles. The number of aliphatic hydroxyl groups is 1. The molecule has 5 nitrogen and oxygen atoms in total. The number of carbonyl (C=O) groups excluding carboxylic acids is 1. The zero-order valence-electron chi connectivity index (χ0n) is 11.7. The summed E-state index contributed by atoms with van der Waals surface area (Å²) < 4.78 is 1.80. The van der Waals surface area contributed by atoms with Crippen molar-refractivity contribution >= 4 is 5.91 Å². The van der Waals surface area contributed by atoms with Gasteiger partial charge >= 0.3 is 0 Å². The van der Waals surface area contributed by atoms with E-state index < -0.39 is 0 Å². The Labute approximate surface area is 108 Å². The first-order valence-corrected chi connectivity index (χ1v) is 6.39. The van der Waals surface area contributed by atoms with Crippen molar-refractivity contribution in [3.63, 3.8) is 0 Å². The van der Waals surface area contributed by atoms with Gasteiger partial charge in [0.05, 0.1) is 18.7 Å². The number of aryl methyl sites for hydroxylation is 2. The van der Waals surface area contributed by atoms with Crippen LogP contribution in [0.15, 0.2) is 0 Å². The summed E-state index contributed by atoms with van der Waals surface area (Å²) in [4.78, 5) is 13.9. The molecule has 0 bridgehead atoms. The fourth-order valence-electron chi connectivity index (χ4n) is 2.09. The Bertz CT molecular complexity index is 407. The average molecular weight is 253 g/mol. The van der Waals surface area contributed by atoms with E-state index in [9.17, 15) is 4.79 Å². The molecular formula is C13H23N3O2. The third-order valence-corrected chi connectivity index (χ3v) is 3.20. The second-order valence-electron chi connectivity index (χ2n) is 4.55. The highest BCUT2D eigenvalue weighted by Crippen LogP contribution is 2.13. The molecule has 0 radical (unpaired) electrons. The lowest BCUT2D eigenvalue weighted by atomic mass is 10.1. The van der Waals surface area contributed by atoms with E-state index >= 15 is 0 Å². The molecule has 0 aromatic carbocycles. The molecular weight excluding hydrogens is 230 g/mol. The standard InChI is InChI=1S/C13H23N3O2/c1-5-6-16(7-8-17)13(18)9-12-10(2)14-15(4)11(12)3/h17H,5-9H2,1-4H3. The molecule has 1 heterocycles. The van der Waals surface area contributed by atoms with Gasteiger partial charge in [0.25, 0.3) is 0 Å². The van der Waals surface area contributed by atoms with Crippen molar-refractivity contribution in [3.8, 4) is 0 Å². The van der Waals surface area contributed by atoms with Gasteiger partial charge in [-0.25, -0.2) is 0 Å². The van der Waals surface area contributed by atoms with Gasteiger partial charge in [0, 0.05) is 31.4 Å². The Morgan fingerprint density at radius 3 is 2.50 bits per heavy atom. The molecule has 5 heteroatoms. The first-order chi connectivity index (χ1) is 8.51. The summed E-state index contributed by atoms with van der Waals surface area (Å²) in [5.41, 5.74) is 2.94. The number of amides is 1. The minimum atomic E-state index is 0.0107. The second kappa shape index (κ2) is 6.54. The predicted molar refractivity (Wildman–Crippen MR) is 70.3 cm³/mol. The number of nitrogens with zero attached hydrogens (tertiary/aromatic N) is 3. The summed E-state index contributed by atoms with van der Waals surface area (Å²) in [6.45, 7) is 7.03. The van der Waals surface area contributed by atoms with Crippen molar-refractivity contribution in [1.29, 1.82) is 0 Å². The molecule has 1 N–H and O–H groups in total. The maximum Gasteiger partial charge on any atom is 0.227 e. The van der Waals surface area contributed by atoms with E-state index in [2.05, 4.69) is 5.10 Å². The fraction of sp³-hybridized carbons (Fsp3) is 0.692. The SMILES string of the molecule is CCCN(CCO)C(=O)Cc1c(C)nn(C)c1C. The van der Waals surface area contributed by atoms with E-state index in [1.165, 1.54) is 0 Å². The molecule has 1 amide bonds.